The lowest BCUT2D eigenvalue weighted by Gasteiger charge is -2.30. The fraction of sp³-hybridized carbons (Fsp3) is 0.857. The van der Waals surface area contributed by atoms with Gasteiger partial charge in [0.15, 0.2) is 0 Å². The minimum atomic E-state index is 1.00. The molecule has 1 aliphatic rings. The van der Waals surface area contributed by atoms with E-state index in [0.29, 0.717) is 0 Å². The molecule has 1 aliphatic carbocycles. The van der Waals surface area contributed by atoms with Crippen molar-refractivity contribution in [1.82, 2.24) is 0 Å². The highest BCUT2D eigenvalue weighted by Crippen LogP contribution is 2.34. The molecule has 0 unspecified atom stereocenters. The lowest BCUT2D eigenvalue weighted by atomic mass is 9.76. The van der Waals surface area contributed by atoms with Crippen LogP contribution in [0.5, 0.6) is 0 Å². The molecule has 0 heterocycles. The van der Waals surface area contributed by atoms with Gasteiger partial charge in [0.1, 0.15) is 0 Å². The molecule has 0 amide bonds. The first-order chi connectivity index (χ1) is 6.84. The summed E-state index contributed by atoms with van der Waals surface area (Å²) in [5, 5.41) is 0. The van der Waals surface area contributed by atoms with Gasteiger partial charge in [-0.2, -0.15) is 0 Å². The maximum absolute atomic E-state index is 4.00. The molecule has 0 spiro atoms. The standard InChI is InChI=1S/C8H16.2C2H6.C2H2/c1-3-7(2)8-5-4-6-8;3*1-2/h7-8H,3-6H2,1-2H3;2*1-2H3;1-2H/t7-;;;/m1.../s1. The zero-order chi connectivity index (χ0) is 12.0. The fourth-order valence-corrected chi connectivity index (χ4v) is 1.34. The second-order valence-electron chi connectivity index (χ2n) is 3.08. The van der Waals surface area contributed by atoms with Crippen molar-refractivity contribution in [2.75, 3.05) is 0 Å². The molecule has 0 saturated heterocycles. The molecule has 1 atom stereocenters. The lowest BCUT2D eigenvalue weighted by Crippen LogP contribution is -2.18. The van der Waals surface area contributed by atoms with Gasteiger partial charge in [-0.05, 0) is 11.8 Å². The first-order valence-corrected chi connectivity index (χ1v) is 6.18. The van der Waals surface area contributed by atoms with E-state index in [1.807, 2.05) is 27.7 Å². The highest BCUT2D eigenvalue weighted by molar-refractivity contribution is 4.73. The van der Waals surface area contributed by atoms with Crippen molar-refractivity contribution in [2.24, 2.45) is 11.8 Å². The van der Waals surface area contributed by atoms with Gasteiger partial charge in [0.2, 0.25) is 0 Å². The molecule has 1 rings (SSSR count). The van der Waals surface area contributed by atoms with Gasteiger partial charge in [-0.3, -0.25) is 0 Å². The van der Waals surface area contributed by atoms with Gasteiger partial charge in [0.25, 0.3) is 0 Å². The molecule has 1 fully saturated rings. The van der Waals surface area contributed by atoms with Crippen LogP contribution in [-0.4, -0.2) is 0 Å². The van der Waals surface area contributed by atoms with Crippen LogP contribution in [0, 0.1) is 24.7 Å². The summed E-state index contributed by atoms with van der Waals surface area (Å²) in [5.74, 6) is 2.10. The van der Waals surface area contributed by atoms with Crippen LogP contribution in [0.4, 0.5) is 0 Å². The van der Waals surface area contributed by atoms with Gasteiger partial charge in [0, 0.05) is 0 Å². The van der Waals surface area contributed by atoms with Crippen LogP contribution < -0.4 is 0 Å². The number of hydrogen-bond acceptors (Lipinski definition) is 0. The molecule has 0 aliphatic heterocycles. The van der Waals surface area contributed by atoms with E-state index in [4.69, 9.17) is 0 Å². The van der Waals surface area contributed by atoms with Gasteiger partial charge in [-0.15, -0.1) is 12.8 Å². The van der Waals surface area contributed by atoms with Gasteiger partial charge in [-0.1, -0.05) is 67.2 Å². The van der Waals surface area contributed by atoms with Gasteiger partial charge in [-0.25, -0.2) is 0 Å². The van der Waals surface area contributed by atoms with Gasteiger partial charge < -0.3 is 0 Å². The molecule has 1 saturated carbocycles. The molecule has 0 heteroatoms. The second-order valence-corrected chi connectivity index (χ2v) is 3.08. The molecule has 0 aromatic carbocycles. The van der Waals surface area contributed by atoms with Crippen LogP contribution in [0.15, 0.2) is 0 Å². The van der Waals surface area contributed by atoms with Crippen LogP contribution in [0.3, 0.4) is 0 Å². The molecule has 0 bridgehead atoms. The molecule has 86 valence electrons. The van der Waals surface area contributed by atoms with Crippen molar-refractivity contribution in [2.45, 2.75) is 67.2 Å². The summed E-state index contributed by atoms with van der Waals surface area (Å²) in [6.45, 7) is 12.7. The lowest BCUT2D eigenvalue weighted by molar-refractivity contribution is 0.215. The van der Waals surface area contributed by atoms with Crippen molar-refractivity contribution in [3.63, 3.8) is 0 Å². The number of hydrogen-bond donors (Lipinski definition) is 0. The Balaban J connectivity index is -0.000000174. The topological polar surface area (TPSA) is 0 Å². The highest BCUT2D eigenvalue weighted by atomic mass is 14.3. The summed E-state index contributed by atoms with van der Waals surface area (Å²) in [7, 11) is 0. The van der Waals surface area contributed by atoms with Gasteiger partial charge in [0.05, 0.1) is 0 Å². The molecule has 14 heavy (non-hydrogen) atoms. The summed E-state index contributed by atoms with van der Waals surface area (Å²) in [6.07, 6.45) is 13.9. The Morgan fingerprint density at radius 3 is 1.50 bits per heavy atom. The minimum absolute atomic E-state index is 1.00. The third kappa shape index (κ3) is 9.65. The molecule has 0 radical (unpaired) electrons. The zero-order valence-electron chi connectivity index (χ0n) is 11.1. The van der Waals surface area contributed by atoms with E-state index < -0.39 is 0 Å². The van der Waals surface area contributed by atoms with Crippen LogP contribution >= 0.6 is 0 Å². The van der Waals surface area contributed by atoms with E-state index >= 15 is 0 Å². The maximum atomic E-state index is 4.00. The van der Waals surface area contributed by atoms with Crippen molar-refractivity contribution in [3.05, 3.63) is 0 Å². The highest BCUT2D eigenvalue weighted by Gasteiger charge is 2.21. The Morgan fingerprint density at radius 2 is 1.43 bits per heavy atom. The van der Waals surface area contributed by atoms with Crippen molar-refractivity contribution < 1.29 is 0 Å². The monoisotopic (exact) mass is 198 g/mol. The normalized spacial score (nSPS) is 15.1. The van der Waals surface area contributed by atoms with E-state index in [0.717, 1.165) is 11.8 Å². The molecular formula is C14H30. The third-order valence-electron chi connectivity index (χ3n) is 2.60. The average molecular weight is 198 g/mol. The predicted molar refractivity (Wildman–Crippen MR) is 69.4 cm³/mol. The van der Waals surface area contributed by atoms with Gasteiger partial charge >= 0.3 is 0 Å². The Labute approximate surface area is 92.5 Å². The number of rotatable bonds is 2. The minimum Gasteiger partial charge on any atom is -0.124 e. The van der Waals surface area contributed by atoms with Crippen LogP contribution in [0.2, 0.25) is 0 Å². The average Bonchev–Trinajstić information content (AvgIpc) is 2.24. The Morgan fingerprint density at radius 1 is 1.07 bits per heavy atom. The van der Waals surface area contributed by atoms with Crippen molar-refractivity contribution in [3.8, 4) is 12.8 Å². The van der Waals surface area contributed by atoms with Crippen LogP contribution in [0.1, 0.15) is 67.2 Å². The van der Waals surface area contributed by atoms with Crippen molar-refractivity contribution in [1.29, 1.82) is 0 Å². The molecule has 0 aromatic heterocycles. The predicted octanol–water partition coefficient (Wildman–Crippen LogP) is 5.13. The van der Waals surface area contributed by atoms with E-state index in [1.165, 1.54) is 25.7 Å². The quantitative estimate of drug-likeness (QED) is 0.539. The second kappa shape index (κ2) is 18.4. The zero-order valence-corrected chi connectivity index (χ0v) is 11.1. The van der Waals surface area contributed by atoms with Crippen molar-refractivity contribution >= 4 is 0 Å². The Bertz CT molecular complexity index is 84.7. The SMILES string of the molecule is C#C.CC.CC.CC[C@@H](C)C1CCC1. The maximum Gasteiger partial charge on any atom is -0.0389 e. The summed E-state index contributed by atoms with van der Waals surface area (Å²) in [5.41, 5.74) is 0. The first kappa shape index (κ1) is 19.2. The molecule has 0 aromatic rings. The molecule has 0 N–H and O–H groups in total. The van der Waals surface area contributed by atoms with E-state index in [9.17, 15) is 0 Å². The smallest absolute Gasteiger partial charge is 0.0389 e. The van der Waals surface area contributed by atoms with Crippen LogP contribution in [0.25, 0.3) is 0 Å². The van der Waals surface area contributed by atoms with Crippen LogP contribution in [-0.2, 0) is 0 Å². The summed E-state index contributed by atoms with van der Waals surface area (Å²) in [6, 6.07) is 0. The summed E-state index contributed by atoms with van der Waals surface area (Å²) < 4.78 is 0. The first-order valence-electron chi connectivity index (χ1n) is 6.18. The summed E-state index contributed by atoms with van der Waals surface area (Å²) >= 11 is 0. The van der Waals surface area contributed by atoms with E-state index in [2.05, 4.69) is 26.7 Å². The van der Waals surface area contributed by atoms with E-state index in [-0.39, 0.29) is 0 Å². The largest absolute Gasteiger partial charge is 0.124 e. The third-order valence-corrected chi connectivity index (χ3v) is 2.60. The van der Waals surface area contributed by atoms with E-state index in [1.54, 1.807) is 0 Å². The number of terminal acetylenes is 1. The Kier molecular flexibility index (Phi) is 25.2. The Hall–Kier alpha value is -0.440. The summed E-state index contributed by atoms with van der Waals surface area (Å²) in [4.78, 5) is 0. The fourth-order valence-electron chi connectivity index (χ4n) is 1.34. The molecular weight excluding hydrogens is 168 g/mol. The molecule has 0 nitrogen and oxygen atoms in total.